The van der Waals surface area contributed by atoms with Crippen molar-refractivity contribution in [3.63, 3.8) is 0 Å². The van der Waals surface area contributed by atoms with E-state index in [1.165, 1.54) is 16.7 Å². The quantitative estimate of drug-likeness (QED) is 0.808. The number of aryl methyl sites for hydroxylation is 1. The summed E-state index contributed by atoms with van der Waals surface area (Å²) in [5.41, 5.74) is 1.27. The van der Waals surface area contributed by atoms with Gasteiger partial charge in [-0.25, -0.2) is 12.8 Å². The summed E-state index contributed by atoms with van der Waals surface area (Å²) in [4.78, 5) is 0. The van der Waals surface area contributed by atoms with Crippen LogP contribution in [0.1, 0.15) is 19.4 Å². The molecule has 0 unspecified atom stereocenters. The van der Waals surface area contributed by atoms with E-state index in [0.717, 1.165) is 0 Å². The molecular formula is C13H15ClFN3O2S. The molecule has 2 aromatic rings. The van der Waals surface area contributed by atoms with Crippen LogP contribution in [0.5, 0.6) is 0 Å². The van der Waals surface area contributed by atoms with Crippen LogP contribution in [-0.4, -0.2) is 23.2 Å². The number of nitrogens with zero attached hydrogens (tertiary/aromatic N) is 3. The van der Waals surface area contributed by atoms with Gasteiger partial charge in [0, 0.05) is 22.8 Å². The number of aromatic nitrogens is 3. The molecule has 0 N–H and O–H groups in total. The van der Waals surface area contributed by atoms with E-state index in [1.807, 2.05) is 13.8 Å². The van der Waals surface area contributed by atoms with Crippen molar-refractivity contribution < 1.29 is 12.8 Å². The average Bonchev–Trinajstić information content (AvgIpc) is 2.71. The van der Waals surface area contributed by atoms with Crippen LogP contribution in [-0.2, 0) is 15.6 Å². The van der Waals surface area contributed by atoms with Gasteiger partial charge in [0.2, 0.25) is 0 Å². The zero-order valence-corrected chi connectivity index (χ0v) is 13.4. The first-order chi connectivity index (χ1) is 9.70. The Hall–Kier alpha value is -1.47. The van der Waals surface area contributed by atoms with Gasteiger partial charge in [-0.15, -0.1) is 10.2 Å². The van der Waals surface area contributed by atoms with Crippen LogP contribution < -0.4 is 0 Å². The van der Waals surface area contributed by atoms with Gasteiger partial charge in [0.05, 0.1) is 0 Å². The lowest BCUT2D eigenvalue weighted by atomic mass is 10.1. The van der Waals surface area contributed by atoms with Crippen LogP contribution in [0.3, 0.4) is 0 Å². The van der Waals surface area contributed by atoms with Gasteiger partial charge in [0.25, 0.3) is 14.2 Å². The van der Waals surface area contributed by atoms with Crippen LogP contribution in [0.25, 0.3) is 11.4 Å². The summed E-state index contributed by atoms with van der Waals surface area (Å²) >= 11 is 0. The van der Waals surface area contributed by atoms with Crippen molar-refractivity contribution in [3.8, 4) is 11.4 Å². The molecule has 0 aliphatic carbocycles. The molecule has 0 saturated carbocycles. The predicted molar refractivity (Wildman–Crippen MR) is 78.0 cm³/mol. The van der Waals surface area contributed by atoms with Gasteiger partial charge in [0.15, 0.2) is 5.82 Å². The second-order valence-corrected chi connectivity index (χ2v) is 7.67. The highest BCUT2D eigenvalue weighted by Crippen LogP contribution is 2.26. The third-order valence-electron chi connectivity index (χ3n) is 2.91. The molecule has 8 heteroatoms. The van der Waals surface area contributed by atoms with Crippen molar-refractivity contribution >= 4 is 19.7 Å². The van der Waals surface area contributed by atoms with Gasteiger partial charge in [-0.1, -0.05) is 13.8 Å². The summed E-state index contributed by atoms with van der Waals surface area (Å²) < 4.78 is 37.9. The Labute approximate surface area is 127 Å². The molecule has 0 spiro atoms. The number of halogens is 2. The Kier molecular flexibility index (Phi) is 4.34. The first kappa shape index (κ1) is 15.9. The van der Waals surface area contributed by atoms with Gasteiger partial charge in [-0.2, -0.15) is 0 Å². The molecule has 1 aromatic carbocycles. The van der Waals surface area contributed by atoms with E-state index in [2.05, 4.69) is 10.2 Å². The number of benzene rings is 1. The van der Waals surface area contributed by atoms with E-state index in [1.54, 1.807) is 13.0 Å². The van der Waals surface area contributed by atoms with Gasteiger partial charge < -0.3 is 0 Å². The van der Waals surface area contributed by atoms with Crippen LogP contribution in [0, 0.1) is 18.7 Å². The van der Waals surface area contributed by atoms with Gasteiger partial charge in [-0.3, -0.25) is 4.57 Å². The molecule has 0 atom stereocenters. The first-order valence-corrected chi connectivity index (χ1v) is 8.65. The van der Waals surface area contributed by atoms with E-state index in [4.69, 9.17) is 10.7 Å². The van der Waals surface area contributed by atoms with E-state index in [9.17, 15) is 12.8 Å². The van der Waals surface area contributed by atoms with Crippen LogP contribution in [0.2, 0.25) is 0 Å². The first-order valence-electron chi connectivity index (χ1n) is 6.34. The molecule has 0 aliphatic heterocycles. The lowest BCUT2D eigenvalue weighted by Gasteiger charge is -2.12. The second kappa shape index (κ2) is 5.73. The Morgan fingerprint density at radius 3 is 2.52 bits per heavy atom. The molecule has 2 rings (SSSR count). The molecule has 0 fully saturated rings. The lowest BCUT2D eigenvalue weighted by molar-refractivity contribution is 0.488. The van der Waals surface area contributed by atoms with Crippen molar-refractivity contribution in [1.29, 1.82) is 0 Å². The topological polar surface area (TPSA) is 64.8 Å². The summed E-state index contributed by atoms with van der Waals surface area (Å²) in [7, 11) is 1.40. The zero-order chi connectivity index (χ0) is 15.8. The predicted octanol–water partition coefficient (Wildman–Crippen LogP) is 2.98. The van der Waals surface area contributed by atoms with Crippen LogP contribution in [0.4, 0.5) is 4.39 Å². The summed E-state index contributed by atoms with van der Waals surface area (Å²) in [6.07, 6.45) is 0. The minimum Gasteiger partial charge on any atom is -0.297 e. The summed E-state index contributed by atoms with van der Waals surface area (Å²) in [6, 6.07) is 4.21. The smallest absolute Gasteiger partial charge is 0.296 e. The summed E-state index contributed by atoms with van der Waals surface area (Å²) in [5, 5.41) is 7.31. The van der Waals surface area contributed by atoms with Crippen LogP contribution in [0.15, 0.2) is 23.4 Å². The van der Waals surface area contributed by atoms with E-state index >= 15 is 0 Å². The fourth-order valence-corrected chi connectivity index (χ4v) is 2.98. The van der Waals surface area contributed by atoms with Gasteiger partial charge >= 0.3 is 0 Å². The number of rotatable bonds is 4. The molecule has 1 heterocycles. The minimum absolute atomic E-state index is 0.165. The number of hydrogen-bond acceptors (Lipinski definition) is 4. The zero-order valence-electron chi connectivity index (χ0n) is 11.8. The van der Waals surface area contributed by atoms with Gasteiger partial charge in [-0.05, 0) is 36.6 Å². The van der Waals surface area contributed by atoms with E-state index < -0.39 is 9.05 Å². The van der Waals surface area contributed by atoms with Crippen LogP contribution >= 0.6 is 10.7 Å². The average molecular weight is 332 g/mol. The monoisotopic (exact) mass is 331 g/mol. The molecule has 0 aliphatic rings. The standard InChI is InChI=1S/C13H15ClFN3O2S/c1-8(2)7-18-12(16-17-13(18)21(14,19)20)11-5-4-10(15)6-9(11)3/h4-6,8H,7H2,1-3H3. The highest BCUT2D eigenvalue weighted by Gasteiger charge is 2.24. The molecule has 0 amide bonds. The fourth-order valence-electron chi connectivity index (χ4n) is 2.08. The maximum Gasteiger partial charge on any atom is 0.296 e. The Balaban J connectivity index is 2.66. The van der Waals surface area contributed by atoms with Crippen molar-refractivity contribution in [2.24, 2.45) is 5.92 Å². The highest BCUT2D eigenvalue weighted by atomic mass is 35.7. The molecule has 0 saturated heterocycles. The second-order valence-electron chi connectivity index (χ2n) is 5.21. The Bertz CT molecular complexity index is 772. The minimum atomic E-state index is -4.00. The number of hydrogen-bond donors (Lipinski definition) is 0. The van der Waals surface area contributed by atoms with Crippen molar-refractivity contribution in [2.45, 2.75) is 32.5 Å². The molecule has 0 bridgehead atoms. The van der Waals surface area contributed by atoms with E-state index in [0.29, 0.717) is 23.5 Å². The van der Waals surface area contributed by atoms with E-state index in [-0.39, 0.29) is 16.9 Å². The maximum absolute atomic E-state index is 13.2. The normalized spacial score (nSPS) is 12.1. The molecule has 0 radical (unpaired) electrons. The summed E-state index contributed by atoms with van der Waals surface area (Å²) in [6.45, 7) is 5.99. The third kappa shape index (κ3) is 3.41. The Morgan fingerprint density at radius 1 is 1.33 bits per heavy atom. The largest absolute Gasteiger partial charge is 0.297 e. The Morgan fingerprint density at radius 2 is 2.00 bits per heavy atom. The van der Waals surface area contributed by atoms with Crippen molar-refractivity contribution in [2.75, 3.05) is 0 Å². The maximum atomic E-state index is 13.2. The van der Waals surface area contributed by atoms with Crippen molar-refractivity contribution in [1.82, 2.24) is 14.8 Å². The highest BCUT2D eigenvalue weighted by molar-refractivity contribution is 8.13. The van der Waals surface area contributed by atoms with Crippen molar-refractivity contribution in [3.05, 3.63) is 29.6 Å². The fraction of sp³-hybridized carbons (Fsp3) is 0.385. The molecule has 21 heavy (non-hydrogen) atoms. The molecule has 5 nitrogen and oxygen atoms in total. The lowest BCUT2D eigenvalue weighted by Crippen LogP contribution is -2.12. The molecule has 114 valence electrons. The SMILES string of the molecule is Cc1cc(F)ccc1-c1nnc(S(=O)(=O)Cl)n1CC(C)C. The summed E-state index contributed by atoms with van der Waals surface area (Å²) in [5.74, 6) is 0.162. The molecular weight excluding hydrogens is 317 g/mol. The van der Waals surface area contributed by atoms with Gasteiger partial charge in [0.1, 0.15) is 5.82 Å². The molecule has 1 aromatic heterocycles. The third-order valence-corrected chi connectivity index (χ3v) is 4.06.